The monoisotopic (exact) mass is 246 g/mol. The molecule has 0 aliphatic carbocycles. The Kier molecular flexibility index (Phi) is 2.70. The summed E-state index contributed by atoms with van der Waals surface area (Å²) in [5.41, 5.74) is 0.863. The average Bonchev–Trinajstić information content (AvgIpc) is 2.57. The van der Waals surface area contributed by atoms with Gasteiger partial charge in [0.05, 0.1) is 11.0 Å². The molecule has 4 nitrogen and oxygen atoms in total. The van der Waals surface area contributed by atoms with Crippen LogP contribution in [0.3, 0.4) is 0 Å². The van der Waals surface area contributed by atoms with Crippen molar-refractivity contribution in [2.75, 3.05) is 0 Å². The molecule has 2 rings (SSSR count). The lowest BCUT2D eigenvalue weighted by atomic mass is 10.2. The maximum absolute atomic E-state index is 12.1. The normalized spacial score (nSPS) is 14.1. The number of halogens is 3. The van der Waals surface area contributed by atoms with Gasteiger partial charge < -0.3 is 15.2 Å². The van der Waals surface area contributed by atoms with E-state index in [-0.39, 0.29) is 11.6 Å². The first-order chi connectivity index (χ1) is 7.86. The number of aliphatic hydroxyl groups excluding tert-OH is 1. The van der Waals surface area contributed by atoms with Gasteiger partial charge in [-0.15, -0.1) is 0 Å². The molecule has 0 saturated carbocycles. The van der Waals surface area contributed by atoms with E-state index >= 15 is 0 Å². The summed E-state index contributed by atoms with van der Waals surface area (Å²) >= 11 is 0. The number of H-pyrrole nitrogens is 1. The maximum Gasteiger partial charge on any atom is 0.414 e. The van der Waals surface area contributed by atoms with Crippen LogP contribution in [0.25, 0.3) is 11.0 Å². The van der Waals surface area contributed by atoms with Crippen LogP contribution >= 0.6 is 0 Å². The Balaban J connectivity index is 2.25. The van der Waals surface area contributed by atoms with Gasteiger partial charge in [-0.2, -0.15) is 13.2 Å². The number of aliphatic hydroxyl groups is 1. The quantitative estimate of drug-likeness (QED) is 0.755. The molecule has 1 aromatic heterocycles. The maximum atomic E-state index is 12.1. The van der Waals surface area contributed by atoms with Gasteiger partial charge in [-0.3, -0.25) is 0 Å². The molecule has 92 valence electrons. The van der Waals surface area contributed by atoms with Crippen LogP contribution in [0.4, 0.5) is 13.2 Å². The van der Waals surface area contributed by atoms with E-state index in [1.165, 1.54) is 18.2 Å². The van der Waals surface area contributed by atoms with E-state index in [0.29, 0.717) is 11.0 Å². The second-order valence-electron chi connectivity index (χ2n) is 3.65. The number of benzene rings is 1. The molecule has 0 radical (unpaired) electrons. The lowest BCUT2D eigenvalue weighted by molar-refractivity contribution is -0.203. The fourth-order valence-corrected chi connectivity index (χ4v) is 1.45. The van der Waals surface area contributed by atoms with Crippen molar-refractivity contribution in [3.8, 4) is 5.75 Å². The molecule has 1 heterocycles. The standard InChI is InChI=1S/C10H9F3N2O2/c11-10(12,13)8(17)4-9-14-6-2-1-5(16)3-7(6)15-9/h1-3,8,16-17H,4H2,(H,14,15). The Bertz CT molecular complexity index is 536. The third kappa shape index (κ3) is 2.50. The Labute approximate surface area is 93.7 Å². The highest BCUT2D eigenvalue weighted by Crippen LogP contribution is 2.24. The van der Waals surface area contributed by atoms with Crippen molar-refractivity contribution in [3.05, 3.63) is 24.0 Å². The minimum absolute atomic E-state index is 0.0101. The summed E-state index contributed by atoms with van der Waals surface area (Å²) in [4.78, 5) is 6.49. The van der Waals surface area contributed by atoms with Crippen molar-refractivity contribution >= 4 is 11.0 Å². The second kappa shape index (κ2) is 3.92. The number of nitrogens with one attached hydrogen (secondary N) is 1. The van der Waals surface area contributed by atoms with Crippen LogP contribution in [0.5, 0.6) is 5.75 Å². The summed E-state index contributed by atoms with van der Waals surface area (Å²) in [6, 6.07) is 4.21. The topological polar surface area (TPSA) is 69.1 Å². The number of nitrogens with zero attached hydrogens (tertiary/aromatic N) is 1. The van der Waals surface area contributed by atoms with Crippen LogP contribution in [0, 0.1) is 0 Å². The Morgan fingerprint density at radius 1 is 1.35 bits per heavy atom. The molecule has 7 heteroatoms. The number of aromatic amines is 1. The zero-order valence-corrected chi connectivity index (χ0v) is 8.49. The number of imidazole rings is 1. The van der Waals surface area contributed by atoms with E-state index in [2.05, 4.69) is 9.97 Å². The van der Waals surface area contributed by atoms with Crippen molar-refractivity contribution < 1.29 is 23.4 Å². The second-order valence-corrected chi connectivity index (χ2v) is 3.65. The minimum Gasteiger partial charge on any atom is -0.508 e. The van der Waals surface area contributed by atoms with E-state index in [9.17, 15) is 18.3 Å². The molecule has 0 aliphatic heterocycles. The van der Waals surface area contributed by atoms with E-state index < -0.39 is 18.7 Å². The van der Waals surface area contributed by atoms with Crippen LogP contribution in [-0.2, 0) is 6.42 Å². The van der Waals surface area contributed by atoms with Crippen LogP contribution < -0.4 is 0 Å². The summed E-state index contributed by atoms with van der Waals surface area (Å²) in [7, 11) is 0. The van der Waals surface area contributed by atoms with Crippen molar-refractivity contribution in [1.29, 1.82) is 0 Å². The number of hydrogen-bond acceptors (Lipinski definition) is 3. The van der Waals surface area contributed by atoms with Crippen LogP contribution in [-0.4, -0.2) is 32.5 Å². The van der Waals surface area contributed by atoms with Crippen LogP contribution in [0.1, 0.15) is 5.82 Å². The molecule has 1 aromatic carbocycles. The van der Waals surface area contributed by atoms with Crippen LogP contribution in [0.15, 0.2) is 18.2 Å². The summed E-state index contributed by atoms with van der Waals surface area (Å²) in [5, 5.41) is 18.1. The molecular weight excluding hydrogens is 237 g/mol. The molecule has 0 spiro atoms. The zero-order chi connectivity index (χ0) is 12.6. The third-order valence-corrected chi connectivity index (χ3v) is 2.28. The molecule has 2 aromatic rings. The number of phenols is 1. The average molecular weight is 246 g/mol. The largest absolute Gasteiger partial charge is 0.508 e. The summed E-state index contributed by atoms with van der Waals surface area (Å²) in [6.07, 6.45) is -7.75. The number of alkyl halides is 3. The Morgan fingerprint density at radius 2 is 2.06 bits per heavy atom. The SMILES string of the molecule is Oc1ccc2nc(CC(O)C(F)(F)F)[nH]c2c1. The Morgan fingerprint density at radius 3 is 2.71 bits per heavy atom. The number of aromatic nitrogens is 2. The first-order valence-corrected chi connectivity index (χ1v) is 4.78. The molecule has 0 amide bonds. The lowest BCUT2D eigenvalue weighted by Crippen LogP contribution is -2.30. The zero-order valence-electron chi connectivity index (χ0n) is 8.49. The number of rotatable bonds is 2. The molecule has 0 aliphatic rings. The highest BCUT2D eigenvalue weighted by atomic mass is 19.4. The van der Waals surface area contributed by atoms with Gasteiger partial charge in [-0.05, 0) is 12.1 Å². The molecular formula is C10H9F3N2O2. The van der Waals surface area contributed by atoms with Gasteiger partial charge in [0.1, 0.15) is 11.6 Å². The van der Waals surface area contributed by atoms with E-state index in [4.69, 9.17) is 5.11 Å². The molecule has 1 atom stereocenters. The summed E-state index contributed by atoms with van der Waals surface area (Å²) in [5.74, 6) is 0.0134. The fourth-order valence-electron chi connectivity index (χ4n) is 1.45. The highest BCUT2D eigenvalue weighted by Gasteiger charge is 2.38. The minimum atomic E-state index is -4.67. The highest BCUT2D eigenvalue weighted by molar-refractivity contribution is 5.76. The number of phenolic OH excluding ortho intramolecular Hbond substituents is 1. The van der Waals surface area contributed by atoms with Crippen molar-refractivity contribution in [2.45, 2.75) is 18.7 Å². The molecule has 1 unspecified atom stereocenters. The van der Waals surface area contributed by atoms with Crippen molar-refractivity contribution in [1.82, 2.24) is 9.97 Å². The Hall–Kier alpha value is -1.76. The van der Waals surface area contributed by atoms with Gasteiger partial charge in [0.2, 0.25) is 0 Å². The lowest BCUT2D eigenvalue weighted by Gasteiger charge is -2.12. The molecule has 0 bridgehead atoms. The third-order valence-electron chi connectivity index (χ3n) is 2.28. The van der Waals surface area contributed by atoms with Gasteiger partial charge in [-0.25, -0.2) is 4.98 Å². The van der Waals surface area contributed by atoms with Gasteiger partial charge in [0, 0.05) is 12.5 Å². The van der Waals surface area contributed by atoms with Gasteiger partial charge in [0.25, 0.3) is 0 Å². The fraction of sp³-hybridized carbons (Fsp3) is 0.300. The molecule has 3 N–H and O–H groups in total. The smallest absolute Gasteiger partial charge is 0.414 e. The first kappa shape index (κ1) is 11.7. The molecule has 17 heavy (non-hydrogen) atoms. The van der Waals surface area contributed by atoms with Gasteiger partial charge in [-0.1, -0.05) is 0 Å². The van der Waals surface area contributed by atoms with Gasteiger partial charge >= 0.3 is 6.18 Å². The van der Waals surface area contributed by atoms with E-state index in [1.54, 1.807) is 0 Å². The first-order valence-electron chi connectivity index (χ1n) is 4.78. The van der Waals surface area contributed by atoms with Crippen LogP contribution in [0.2, 0.25) is 0 Å². The predicted octanol–water partition coefficient (Wildman–Crippen LogP) is 1.73. The number of aromatic hydroxyl groups is 1. The number of hydrogen-bond donors (Lipinski definition) is 3. The van der Waals surface area contributed by atoms with Crippen molar-refractivity contribution in [3.63, 3.8) is 0 Å². The van der Waals surface area contributed by atoms with Crippen molar-refractivity contribution in [2.24, 2.45) is 0 Å². The molecule has 0 saturated heterocycles. The number of fused-ring (bicyclic) bond motifs is 1. The predicted molar refractivity (Wildman–Crippen MR) is 53.5 cm³/mol. The van der Waals surface area contributed by atoms with E-state index in [0.717, 1.165) is 0 Å². The van der Waals surface area contributed by atoms with Gasteiger partial charge in [0.15, 0.2) is 6.10 Å². The summed E-state index contributed by atoms with van der Waals surface area (Å²) < 4.78 is 36.4. The summed E-state index contributed by atoms with van der Waals surface area (Å²) in [6.45, 7) is 0. The van der Waals surface area contributed by atoms with E-state index in [1.807, 2.05) is 0 Å². The molecule has 0 fully saturated rings.